The first-order valence-electron chi connectivity index (χ1n) is 6.79. The molecule has 0 radical (unpaired) electrons. The minimum Gasteiger partial charge on any atom is -0.329 e. The van der Waals surface area contributed by atoms with Crippen molar-refractivity contribution in [2.24, 2.45) is 5.73 Å². The summed E-state index contributed by atoms with van der Waals surface area (Å²) in [4.78, 5) is 2.60. The zero-order chi connectivity index (χ0) is 12.8. The van der Waals surface area contributed by atoms with Crippen LogP contribution in [-0.4, -0.2) is 29.1 Å². The van der Waals surface area contributed by atoms with E-state index in [2.05, 4.69) is 46.4 Å². The molecule has 0 fully saturated rings. The fourth-order valence-electron chi connectivity index (χ4n) is 3.05. The first kappa shape index (κ1) is 15.9. The van der Waals surface area contributed by atoms with E-state index < -0.39 is 0 Å². The van der Waals surface area contributed by atoms with Crippen LogP contribution < -0.4 is 5.73 Å². The molecule has 98 valence electrons. The number of nitrogens with zero attached hydrogens (tertiary/aromatic N) is 1. The quantitative estimate of drug-likeness (QED) is 0.690. The van der Waals surface area contributed by atoms with Crippen molar-refractivity contribution >= 4 is 0 Å². The number of hydrogen-bond acceptors (Lipinski definition) is 2. The second kappa shape index (κ2) is 6.61. The molecular weight excluding hydrogens is 196 g/mol. The highest BCUT2D eigenvalue weighted by Crippen LogP contribution is 2.31. The molecule has 0 aliphatic heterocycles. The van der Waals surface area contributed by atoms with E-state index in [0.717, 1.165) is 13.1 Å². The lowest BCUT2D eigenvalue weighted by atomic mass is 9.87. The minimum absolute atomic E-state index is 0.257. The van der Waals surface area contributed by atoms with Gasteiger partial charge < -0.3 is 5.73 Å². The first-order valence-corrected chi connectivity index (χ1v) is 6.79. The Kier molecular flexibility index (Phi) is 6.57. The molecule has 0 aromatic carbocycles. The molecule has 0 aromatic rings. The third-order valence-electron chi connectivity index (χ3n) is 3.54. The second-order valence-corrected chi connectivity index (χ2v) is 6.07. The number of nitrogens with two attached hydrogens (primary N) is 1. The number of hydrogen-bond donors (Lipinski definition) is 1. The van der Waals surface area contributed by atoms with Gasteiger partial charge in [0.05, 0.1) is 0 Å². The maximum absolute atomic E-state index is 5.77. The molecule has 0 saturated carbocycles. The van der Waals surface area contributed by atoms with Crippen molar-refractivity contribution in [2.45, 2.75) is 78.3 Å². The zero-order valence-corrected chi connectivity index (χ0v) is 12.3. The lowest BCUT2D eigenvalue weighted by molar-refractivity contribution is 0.00801. The van der Waals surface area contributed by atoms with E-state index in [4.69, 9.17) is 5.73 Å². The van der Waals surface area contributed by atoms with Crippen molar-refractivity contribution in [3.05, 3.63) is 0 Å². The smallest absolute Gasteiger partial charge is 0.0159 e. The Morgan fingerprint density at radius 2 is 1.25 bits per heavy atom. The van der Waals surface area contributed by atoms with Gasteiger partial charge in [0.1, 0.15) is 0 Å². The van der Waals surface area contributed by atoms with Crippen LogP contribution in [0.2, 0.25) is 0 Å². The largest absolute Gasteiger partial charge is 0.329 e. The molecule has 2 nitrogen and oxygen atoms in total. The highest BCUT2D eigenvalue weighted by atomic mass is 15.2. The Morgan fingerprint density at radius 3 is 1.50 bits per heavy atom. The van der Waals surface area contributed by atoms with E-state index in [-0.39, 0.29) is 11.1 Å². The van der Waals surface area contributed by atoms with E-state index in [1.807, 2.05) is 0 Å². The highest BCUT2D eigenvalue weighted by Gasteiger charge is 2.35. The fourth-order valence-corrected chi connectivity index (χ4v) is 3.05. The average Bonchev–Trinajstić information content (AvgIpc) is 2.13. The van der Waals surface area contributed by atoms with Gasteiger partial charge in [-0.1, -0.05) is 26.7 Å². The molecule has 0 aliphatic carbocycles. The molecule has 0 bridgehead atoms. The summed E-state index contributed by atoms with van der Waals surface area (Å²) in [6.45, 7) is 15.7. The van der Waals surface area contributed by atoms with Crippen LogP contribution in [0.4, 0.5) is 0 Å². The Morgan fingerprint density at radius 1 is 0.875 bits per heavy atom. The van der Waals surface area contributed by atoms with Crippen molar-refractivity contribution in [2.75, 3.05) is 13.1 Å². The first-order chi connectivity index (χ1) is 7.31. The molecular formula is C14H32N2. The summed E-state index contributed by atoms with van der Waals surface area (Å²) in [5.74, 6) is 0. The summed E-state index contributed by atoms with van der Waals surface area (Å²) < 4.78 is 0. The van der Waals surface area contributed by atoms with Crippen LogP contribution in [0.5, 0.6) is 0 Å². The molecule has 0 unspecified atom stereocenters. The van der Waals surface area contributed by atoms with E-state index in [1.54, 1.807) is 0 Å². The van der Waals surface area contributed by atoms with Crippen molar-refractivity contribution in [1.29, 1.82) is 0 Å². The Bertz CT molecular complexity index is 167. The van der Waals surface area contributed by atoms with Crippen molar-refractivity contribution in [3.8, 4) is 0 Å². The monoisotopic (exact) mass is 228 g/mol. The van der Waals surface area contributed by atoms with Gasteiger partial charge in [-0.05, 0) is 40.5 Å². The Labute approximate surface area is 103 Å². The van der Waals surface area contributed by atoms with Gasteiger partial charge in [-0.2, -0.15) is 0 Å². The molecule has 0 aromatic heterocycles. The molecule has 0 aliphatic rings. The van der Waals surface area contributed by atoms with Gasteiger partial charge in [-0.15, -0.1) is 0 Å². The topological polar surface area (TPSA) is 29.3 Å². The van der Waals surface area contributed by atoms with Crippen LogP contribution in [0, 0.1) is 0 Å². The summed E-state index contributed by atoms with van der Waals surface area (Å²) >= 11 is 0. The maximum Gasteiger partial charge on any atom is 0.0159 e. The average molecular weight is 228 g/mol. The van der Waals surface area contributed by atoms with E-state index in [9.17, 15) is 0 Å². The number of rotatable bonds is 8. The molecule has 0 amide bonds. The molecule has 0 spiro atoms. The molecule has 2 N–H and O–H groups in total. The zero-order valence-electron chi connectivity index (χ0n) is 12.3. The van der Waals surface area contributed by atoms with E-state index in [1.165, 1.54) is 25.7 Å². The van der Waals surface area contributed by atoms with Crippen molar-refractivity contribution in [3.63, 3.8) is 0 Å². The third kappa shape index (κ3) is 4.42. The van der Waals surface area contributed by atoms with Crippen LogP contribution in [0.1, 0.15) is 67.2 Å². The minimum atomic E-state index is 0.257. The summed E-state index contributed by atoms with van der Waals surface area (Å²) in [7, 11) is 0. The summed E-state index contributed by atoms with van der Waals surface area (Å²) in [5.41, 5.74) is 6.29. The van der Waals surface area contributed by atoms with Crippen LogP contribution in [0.25, 0.3) is 0 Å². The van der Waals surface area contributed by atoms with Crippen molar-refractivity contribution < 1.29 is 0 Å². The molecule has 0 saturated heterocycles. The van der Waals surface area contributed by atoms with E-state index >= 15 is 0 Å². The Balaban J connectivity index is 4.83. The molecule has 0 rings (SSSR count). The molecule has 0 atom stereocenters. The summed E-state index contributed by atoms with van der Waals surface area (Å²) in [5, 5.41) is 0. The van der Waals surface area contributed by atoms with Gasteiger partial charge >= 0.3 is 0 Å². The van der Waals surface area contributed by atoms with Gasteiger partial charge in [0.25, 0.3) is 0 Å². The van der Waals surface area contributed by atoms with Gasteiger partial charge in [0.2, 0.25) is 0 Å². The summed E-state index contributed by atoms with van der Waals surface area (Å²) in [6, 6.07) is 0. The lowest BCUT2D eigenvalue weighted by Gasteiger charge is -2.49. The predicted octanol–water partition coefficient (Wildman–Crippen LogP) is 3.40. The highest BCUT2D eigenvalue weighted by molar-refractivity contribution is 4.92. The van der Waals surface area contributed by atoms with Crippen molar-refractivity contribution in [1.82, 2.24) is 4.90 Å². The normalized spacial score (nSPS) is 13.5. The predicted molar refractivity (Wildman–Crippen MR) is 73.7 cm³/mol. The second-order valence-electron chi connectivity index (χ2n) is 6.07. The Hall–Kier alpha value is -0.0800. The van der Waals surface area contributed by atoms with Crippen LogP contribution in [0.15, 0.2) is 0 Å². The molecule has 0 heterocycles. The van der Waals surface area contributed by atoms with Crippen LogP contribution >= 0.6 is 0 Å². The fraction of sp³-hybridized carbons (Fsp3) is 1.00. The molecule has 2 heteroatoms. The van der Waals surface area contributed by atoms with Crippen LogP contribution in [0.3, 0.4) is 0 Å². The van der Waals surface area contributed by atoms with Gasteiger partial charge in [0.15, 0.2) is 0 Å². The van der Waals surface area contributed by atoms with E-state index in [0.29, 0.717) is 0 Å². The van der Waals surface area contributed by atoms with Gasteiger partial charge in [-0.3, -0.25) is 4.90 Å². The third-order valence-corrected chi connectivity index (χ3v) is 3.54. The van der Waals surface area contributed by atoms with Crippen LogP contribution in [-0.2, 0) is 0 Å². The maximum atomic E-state index is 5.77. The standard InChI is InChI=1S/C14H32N2/c1-7-9-13(3,4)16(12-11-15)14(5,6)10-8-2/h7-12,15H2,1-6H3. The SMILES string of the molecule is CCCC(C)(C)N(CCN)C(C)(C)CCC. The summed E-state index contributed by atoms with van der Waals surface area (Å²) in [6.07, 6.45) is 4.94. The van der Waals surface area contributed by atoms with Gasteiger partial charge in [0, 0.05) is 24.2 Å². The molecule has 16 heavy (non-hydrogen) atoms. The van der Waals surface area contributed by atoms with Gasteiger partial charge in [-0.25, -0.2) is 0 Å². The lowest BCUT2D eigenvalue weighted by Crippen LogP contribution is -2.57.